The Morgan fingerprint density at radius 1 is 1.32 bits per heavy atom. The van der Waals surface area contributed by atoms with Gasteiger partial charge in [0.15, 0.2) is 0 Å². The van der Waals surface area contributed by atoms with Gasteiger partial charge in [-0.1, -0.05) is 0 Å². The highest BCUT2D eigenvalue weighted by atomic mass is 32.1. The summed E-state index contributed by atoms with van der Waals surface area (Å²) < 4.78 is 0. The van der Waals surface area contributed by atoms with E-state index in [9.17, 15) is 0 Å². The van der Waals surface area contributed by atoms with Crippen LogP contribution in [0.4, 0.5) is 5.82 Å². The van der Waals surface area contributed by atoms with Crippen molar-refractivity contribution in [3.63, 3.8) is 0 Å². The van der Waals surface area contributed by atoms with E-state index in [1.165, 1.54) is 25.7 Å². The lowest BCUT2D eigenvalue weighted by Crippen LogP contribution is -2.36. The van der Waals surface area contributed by atoms with Crippen LogP contribution in [0.15, 0.2) is 18.6 Å². The Kier molecular flexibility index (Phi) is 3.64. The van der Waals surface area contributed by atoms with E-state index in [2.05, 4.69) is 45.6 Å². The van der Waals surface area contributed by atoms with Crippen LogP contribution in [-0.2, 0) is 0 Å². The van der Waals surface area contributed by atoms with Crippen molar-refractivity contribution in [2.24, 2.45) is 5.92 Å². The molecule has 2 aromatic heterocycles. The second-order valence-corrected chi connectivity index (χ2v) is 5.77. The van der Waals surface area contributed by atoms with Crippen LogP contribution < -0.4 is 4.90 Å². The molecule has 1 aliphatic rings. The summed E-state index contributed by atoms with van der Waals surface area (Å²) in [7, 11) is 2.15. The number of nitrogens with one attached hydrogen (secondary N) is 1. The van der Waals surface area contributed by atoms with Crippen LogP contribution in [0.3, 0.4) is 0 Å². The summed E-state index contributed by atoms with van der Waals surface area (Å²) in [6, 6.07) is 2.64. The van der Waals surface area contributed by atoms with Crippen LogP contribution >= 0.6 is 12.6 Å². The SMILES string of the molecule is CN(c1ncnc2[nH]ccc12)C1CCC(CS)CC1. The van der Waals surface area contributed by atoms with E-state index >= 15 is 0 Å². The third-order valence-electron chi connectivity index (χ3n) is 4.29. The highest BCUT2D eigenvalue weighted by Crippen LogP contribution is 2.31. The van der Waals surface area contributed by atoms with Gasteiger partial charge in [-0.05, 0) is 43.4 Å². The van der Waals surface area contributed by atoms with Crippen molar-refractivity contribution < 1.29 is 0 Å². The largest absolute Gasteiger partial charge is 0.356 e. The van der Waals surface area contributed by atoms with Gasteiger partial charge in [0, 0.05) is 19.3 Å². The third-order valence-corrected chi connectivity index (χ3v) is 4.81. The maximum Gasteiger partial charge on any atom is 0.142 e. The monoisotopic (exact) mass is 276 g/mol. The molecule has 0 aliphatic heterocycles. The van der Waals surface area contributed by atoms with E-state index in [4.69, 9.17) is 0 Å². The number of hydrogen-bond acceptors (Lipinski definition) is 4. The number of thiol groups is 1. The summed E-state index contributed by atoms with van der Waals surface area (Å²) in [6.45, 7) is 0. The van der Waals surface area contributed by atoms with Gasteiger partial charge in [0.25, 0.3) is 0 Å². The summed E-state index contributed by atoms with van der Waals surface area (Å²) >= 11 is 4.42. The molecule has 0 bridgehead atoms. The van der Waals surface area contributed by atoms with Crippen LogP contribution in [0.25, 0.3) is 11.0 Å². The van der Waals surface area contributed by atoms with Crippen LogP contribution in [-0.4, -0.2) is 33.8 Å². The van der Waals surface area contributed by atoms with Crippen molar-refractivity contribution in [2.75, 3.05) is 17.7 Å². The van der Waals surface area contributed by atoms with Gasteiger partial charge in [-0.3, -0.25) is 0 Å². The zero-order chi connectivity index (χ0) is 13.2. The van der Waals surface area contributed by atoms with Crippen LogP contribution in [0.2, 0.25) is 0 Å². The van der Waals surface area contributed by atoms with Gasteiger partial charge in [-0.25, -0.2) is 9.97 Å². The molecular formula is C14H20N4S. The zero-order valence-electron chi connectivity index (χ0n) is 11.2. The van der Waals surface area contributed by atoms with Crippen molar-refractivity contribution in [3.8, 4) is 0 Å². The molecule has 2 aromatic rings. The Morgan fingerprint density at radius 3 is 2.84 bits per heavy atom. The van der Waals surface area contributed by atoms with Crippen LogP contribution in [0.1, 0.15) is 25.7 Å². The number of hydrogen-bond donors (Lipinski definition) is 2. The van der Waals surface area contributed by atoms with Gasteiger partial charge in [-0.2, -0.15) is 12.6 Å². The highest BCUT2D eigenvalue weighted by molar-refractivity contribution is 7.80. The topological polar surface area (TPSA) is 44.8 Å². The fourth-order valence-corrected chi connectivity index (χ4v) is 3.39. The van der Waals surface area contributed by atoms with Crippen molar-refractivity contribution in [1.82, 2.24) is 15.0 Å². The zero-order valence-corrected chi connectivity index (χ0v) is 12.1. The molecule has 0 unspecified atom stereocenters. The van der Waals surface area contributed by atoms with Gasteiger partial charge in [-0.15, -0.1) is 0 Å². The molecule has 0 atom stereocenters. The summed E-state index contributed by atoms with van der Waals surface area (Å²) in [5, 5.41) is 1.11. The van der Waals surface area contributed by atoms with Gasteiger partial charge in [0.2, 0.25) is 0 Å². The number of aromatic nitrogens is 3. The average Bonchev–Trinajstić information content (AvgIpc) is 2.95. The summed E-state index contributed by atoms with van der Waals surface area (Å²) in [5.41, 5.74) is 0.917. The lowest BCUT2D eigenvalue weighted by Gasteiger charge is -2.35. The fraction of sp³-hybridized carbons (Fsp3) is 0.571. The Balaban J connectivity index is 1.80. The van der Waals surface area contributed by atoms with Crippen LogP contribution in [0.5, 0.6) is 0 Å². The molecule has 0 spiro atoms. The lowest BCUT2D eigenvalue weighted by atomic mass is 9.86. The Bertz CT molecular complexity index is 545. The molecule has 1 N–H and O–H groups in total. The first-order valence-corrected chi connectivity index (χ1v) is 7.54. The first kappa shape index (κ1) is 12.8. The van der Waals surface area contributed by atoms with Gasteiger partial charge in [0.1, 0.15) is 17.8 Å². The van der Waals surface area contributed by atoms with Gasteiger partial charge >= 0.3 is 0 Å². The maximum atomic E-state index is 4.47. The van der Waals surface area contributed by atoms with Crippen molar-refractivity contribution in [1.29, 1.82) is 0 Å². The minimum Gasteiger partial charge on any atom is -0.356 e. The maximum absolute atomic E-state index is 4.47. The Morgan fingerprint density at radius 2 is 2.11 bits per heavy atom. The quantitative estimate of drug-likeness (QED) is 0.847. The van der Waals surface area contributed by atoms with E-state index in [1.807, 2.05) is 6.20 Å². The number of H-pyrrole nitrogens is 1. The lowest BCUT2D eigenvalue weighted by molar-refractivity contribution is 0.345. The standard InChI is InChI=1S/C14H20N4S/c1-18(11-4-2-10(8-19)3-5-11)14-12-6-7-15-13(12)16-9-17-14/h6-7,9-11,19H,2-5,8H2,1H3,(H,15,16,17). The molecule has 1 saturated carbocycles. The van der Waals surface area contributed by atoms with E-state index in [0.717, 1.165) is 28.5 Å². The van der Waals surface area contributed by atoms with E-state index < -0.39 is 0 Å². The second-order valence-electron chi connectivity index (χ2n) is 5.41. The molecular weight excluding hydrogens is 256 g/mol. The van der Waals surface area contributed by atoms with E-state index in [-0.39, 0.29) is 0 Å². The number of fused-ring (bicyclic) bond motifs is 1. The number of nitrogens with zero attached hydrogens (tertiary/aromatic N) is 3. The molecule has 1 aliphatic carbocycles. The third kappa shape index (κ3) is 2.43. The van der Waals surface area contributed by atoms with E-state index in [1.54, 1.807) is 6.33 Å². The smallest absolute Gasteiger partial charge is 0.142 e. The minimum atomic E-state index is 0.587. The second kappa shape index (κ2) is 5.41. The normalized spacial score (nSPS) is 23.7. The Labute approximate surface area is 119 Å². The molecule has 0 aromatic carbocycles. The predicted octanol–water partition coefficient (Wildman–Crippen LogP) is 2.88. The van der Waals surface area contributed by atoms with Gasteiger partial charge < -0.3 is 9.88 Å². The molecule has 4 nitrogen and oxygen atoms in total. The average molecular weight is 276 g/mol. The molecule has 0 radical (unpaired) electrons. The molecule has 3 rings (SSSR count). The summed E-state index contributed by atoms with van der Waals surface area (Å²) in [4.78, 5) is 14.2. The molecule has 5 heteroatoms. The highest BCUT2D eigenvalue weighted by Gasteiger charge is 2.25. The molecule has 19 heavy (non-hydrogen) atoms. The van der Waals surface area contributed by atoms with Gasteiger partial charge in [0.05, 0.1) is 5.39 Å². The first-order chi connectivity index (χ1) is 9.29. The molecule has 0 amide bonds. The van der Waals surface area contributed by atoms with Crippen molar-refractivity contribution in [2.45, 2.75) is 31.7 Å². The predicted molar refractivity (Wildman–Crippen MR) is 81.9 cm³/mol. The summed E-state index contributed by atoms with van der Waals surface area (Å²) in [6.07, 6.45) is 8.59. The fourth-order valence-electron chi connectivity index (χ4n) is 3.03. The van der Waals surface area contributed by atoms with Crippen molar-refractivity contribution >= 4 is 29.5 Å². The molecule has 1 fully saturated rings. The number of rotatable bonds is 3. The Hall–Kier alpha value is -1.23. The van der Waals surface area contributed by atoms with E-state index in [0.29, 0.717) is 6.04 Å². The minimum absolute atomic E-state index is 0.587. The summed E-state index contributed by atoms with van der Waals surface area (Å²) in [5.74, 6) is 2.86. The molecule has 102 valence electrons. The molecule has 2 heterocycles. The molecule has 0 saturated heterocycles. The number of anilines is 1. The van der Waals surface area contributed by atoms with Crippen LogP contribution in [0, 0.1) is 5.92 Å². The number of aromatic amines is 1. The van der Waals surface area contributed by atoms with Crippen molar-refractivity contribution in [3.05, 3.63) is 18.6 Å². The first-order valence-electron chi connectivity index (χ1n) is 6.91.